The lowest BCUT2D eigenvalue weighted by molar-refractivity contribution is -0.383. The van der Waals surface area contributed by atoms with Crippen molar-refractivity contribution in [3.8, 4) is 0 Å². The van der Waals surface area contributed by atoms with E-state index in [2.05, 4.69) is 16.0 Å². The summed E-state index contributed by atoms with van der Waals surface area (Å²) >= 11 is 0. The minimum absolute atomic E-state index is 0.831. The number of rotatable bonds is 21. The molecule has 6 rings (SSSR count). The van der Waals surface area contributed by atoms with Crippen LogP contribution in [0.25, 0.3) is 0 Å². The van der Waals surface area contributed by atoms with Crippen molar-refractivity contribution in [3.05, 3.63) is 0 Å². The van der Waals surface area contributed by atoms with Crippen molar-refractivity contribution in [2.45, 2.75) is 224 Å². The second-order valence-electron chi connectivity index (χ2n) is 20.4. The molecule has 6 aliphatic heterocycles. The van der Waals surface area contributed by atoms with Crippen LogP contribution < -0.4 is 16.0 Å². The van der Waals surface area contributed by atoms with E-state index in [9.17, 15) is 111 Å². The van der Waals surface area contributed by atoms with Gasteiger partial charge in [-0.3, -0.25) is 14.4 Å². The molecule has 1 unspecified atom stereocenters. The molecule has 3 amide bonds. The second kappa shape index (κ2) is 28.3. The number of hydrogen-bond acceptors (Lipinski definition) is 32. The quantitative estimate of drug-likeness (QED) is 0.0507. The van der Waals surface area contributed by atoms with Crippen LogP contribution in [-0.4, -0.2) is 338 Å². The van der Waals surface area contributed by atoms with Crippen LogP contribution in [0.2, 0.25) is 0 Å². The maximum Gasteiger partial charge on any atom is 0.364 e. The zero-order chi connectivity index (χ0) is 60.3. The highest BCUT2D eigenvalue weighted by Gasteiger charge is 2.61. The number of carbonyl (C=O) groups excluding carboxylic acids is 3. The van der Waals surface area contributed by atoms with Crippen molar-refractivity contribution in [1.29, 1.82) is 0 Å². The van der Waals surface area contributed by atoms with Gasteiger partial charge in [-0.15, -0.1) is 0 Å². The van der Waals surface area contributed by atoms with Gasteiger partial charge in [-0.25, -0.2) is 4.79 Å². The summed E-state index contributed by atoms with van der Waals surface area (Å²) in [5, 5.41) is 201. The van der Waals surface area contributed by atoms with Crippen LogP contribution in [0.5, 0.6) is 0 Å². The van der Waals surface area contributed by atoms with Crippen molar-refractivity contribution >= 4 is 23.7 Å². The standard InChI is InChI=1S/C45H75N3O33/c1-11-24(58)29(63)31(65)41(72-11)79-37-23(48-14(4)55)40(76-19(9-52)34(37)77-42-32(66)30(64)26(60)17(7-50)74-42)71-10-20-28(62)35(22(39(68)73-20)47-13(3)54)78-43-33(67)38(27(61)18(8-51)75-43)81-45(44(69)70)5-15(56)21(46-12(2)53)36(80-45)25(59)16(57)6-49/h11,15-43,49-52,56-68H,5-10H2,1-4H3,(H,46,53)(H,47,54)(H,48,55)(H,69,70)/t11-,15-,16+,17+,18+,19+,20+,21+,22+,23+,24+,25+,26-,27-,28-,29+,30-,31-,32+,33+,34+,35+,36+,37+,38-,39?,40+,41-,42-,43-,45-/m0/s1. The highest BCUT2D eigenvalue weighted by molar-refractivity contribution is 5.77. The number of carbonyl (C=O) groups is 4. The molecule has 6 saturated heterocycles. The third kappa shape index (κ3) is 14.7. The van der Waals surface area contributed by atoms with Gasteiger partial charge in [-0.1, -0.05) is 0 Å². The summed E-state index contributed by atoms with van der Waals surface area (Å²) in [4.78, 5) is 50.6. The zero-order valence-corrected chi connectivity index (χ0v) is 43.7. The first-order valence-corrected chi connectivity index (χ1v) is 25.6. The van der Waals surface area contributed by atoms with E-state index in [1.54, 1.807) is 0 Å². The van der Waals surface area contributed by atoms with Gasteiger partial charge >= 0.3 is 5.97 Å². The SMILES string of the molecule is CC(=O)N[C@H]1[C@H](OC[C@H]2OC(O)[C@H](NC(C)=O)[C@@H](O[C@@H]3O[C@H](CO)[C@H](O)[C@H](O[C@]4(C(=O)O)C[C@H](O)[C@@H](NC(C)=O)[C@H]([C@H](O)[C@H](O)CO)O4)[C@H]3O)[C@H]2O)O[C@H](CO)[C@@H](O[C@@H]2O[C@H](CO)[C@H](O)[C@H](O)[C@H]2O)[C@@H]1O[C@@H]1O[C@@H](C)[C@@H](O)[C@@H](O)[C@@H]1O. The summed E-state index contributed by atoms with van der Waals surface area (Å²) in [6.45, 7) is -0.963. The Morgan fingerprint density at radius 2 is 1.01 bits per heavy atom. The average molecular weight is 1190 g/mol. The molecule has 0 aromatic heterocycles. The third-order valence-corrected chi connectivity index (χ3v) is 14.5. The largest absolute Gasteiger partial charge is 0.477 e. The number of aliphatic hydroxyl groups is 17. The molecule has 0 aliphatic carbocycles. The topological polar surface area (TPSA) is 570 Å². The molecule has 6 aliphatic rings. The highest BCUT2D eigenvalue weighted by atomic mass is 16.8. The van der Waals surface area contributed by atoms with Crippen LogP contribution in [0.15, 0.2) is 0 Å². The van der Waals surface area contributed by atoms with Gasteiger partial charge in [0.2, 0.25) is 17.7 Å². The van der Waals surface area contributed by atoms with Gasteiger partial charge in [-0.05, 0) is 6.92 Å². The molecule has 31 atom stereocenters. The number of hydrogen-bond donors (Lipinski definition) is 21. The third-order valence-electron chi connectivity index (χ3n) is 14.5. The number of aliphatic carboxylic acids is 1. The van der Waals surface area contributed by atoms with Gasteiger partial charge in [0.1, 0.15) is 134 Å². The monoisotopic (exact) mass is 1190 g/mol. The molecule has 6 heterocycles. The van der Waals surface area contributed by atoms with Gasteiger partial charge in [-0.2, -0.15) is 0 Å². The Morgan fingerprint density at radius 3 is 1.57 bits per heavy atom. The van der Waals surface area contributed by atoms with Crippen LogP contribution >= 0.6 is 0 Å². The number of amides is 3. The summed E-state index contributed by atoms with van der Waals surface area (Å²) in [5.74, 6) is -7.88. The van der Waals surface area contributed by atoms with E-state index in [0.717, 1.165) is 20.8 Å². The first-order valence-electron chi connectivity index (χ1n) is 25.6. The molecule has 0 bridgehead atoms. The molecule has 36 nitrogen and oxygen atoms in total. The van der Waals surface area contributed by atoms with Gasteiger partial charge in [0.05, 0.1) is 51.3 Å². The molecule has 21 N–H and O–H groups in total. The van der Waals surface area contributed by atoms with E-state index in [-0.39, 0.29) is 0 Å². The Bertz CT molecular complexity index is 2070. The maximum atomic E-state index is 13.1. The van der Waals surface area contributed by atoms with Gasteiger partial charge in [0.15, 0.2) is 31.5 Å². The Morgan fingerprint density at radius 1 is 0.531 bits per heavy atom. The van der Waals surface area contributed by atoms with E-state index in [4.69, 9.17) is 52.1 Å². The maximum absolute atomic E-state index is 13.1. The fraction of sp³-hybridized carbons (Fsp3) is 0.911. The first-order chi connectivity index (χ1) is 38.0. The van der Waals surface area contributed by atoms with Crippen molar-refractivity contribution < 1.29 is 163 Å². The zero-order valence-electron chi connectivity index (χ0n) is 43.7. The summed E-state index contributed by atoms with van der Waals surface area (Å²) < 4.78 is 63.9. The predicted octanol–water partition coefficient (Wildman–Crippen LogP) is -13.4. The lowest BCUT2D eigenvalue weighted by Crippen LogP contribution is -2.71. The molecule has 0 aromatic rings. The Labute approximate surface area is 459 Å². The Balaban J connectivity index is 1.30. The summed E-state index contributed by atoms with van der Waals surface area (Å²) in [5.41, 5.74) is 0. The Hall–Kier alpha value is -3.24. The molecule has 36 heteroatoms. The molecule has 6 fully saturated rings. The normalized spacial score (nSPS) is 46.7. The van der Waals surface area contributed by atoms with Crippen molar-refractivity contribution in [1.82, 2.24) is 16.0 Å². The van der Waals surface area contributed by atoms with E-state index in [1.165, 1.54) is 6.92 Å². The van der Waals surface area contributed by atoms with Crippen LogP contribution in [0, 0.1) is 0 Å². The summed E-state index contributed by atoms with van der Waals surface area (Å²) in [6.07, 6.45) is -54.6. The first kappa shape index (κ1) is 66.9. The Kier molecular flexibility index (Phi) is 23.4. The van der Waals surface area contributed by atoms with Gasteiger partial charge in [0, 0.05) is 27.2 Å². The second-order valence-corrected chi connectivity index (χ2v) is 20.4. The number of carboxylic acid groups (broad SMARTS) is 1. The van der Waals surface area contributed by atoms with E-state index in [1.807, 2.05) is 0 Å². The van der Waals surface area contributed by atoms with Crippen molar-refractivity contribution in [3.63, 3.8) is 0 Å². The van der Waals surface area contributed by atoms with Gasteiger partial charge in [0.25, 0.3) is 5.79 Å². The lowest BCUT2D eigenvalue weighted by atomic mass is 9.88. The molecule has 0 radical (unpaired) electrons. The molecular formula is C45H75N3O33. The number of aliphatic hydroxyl groups excluding tert-OH is 17. The fourth-order valence-corrected chi connectivity index (χ4v) is 10.3. The predicted molar refractivity (Wildman–Crippen MR) is 250 cm³/mol. The minimum Gasteiger partial charge on any atom is -0.477 e. The van der Waals surface area contributed by atoms with Crippen molar-refractivity contribution in [2.75, 3.05) is 33.0 Å². The minimum atomic E-state index is -3.22. The van der Waals surface area contributed by atoms with Crippen LogP contribution in [0.4, 0.5) is 0 Å². The van der Waals surface area contributed by atoms with Crippen molar-refractivity contribution in [2.24, 2.45) is 0 Å². The van der Waals surface area contributed by atoms with E-state index in [0.29, 0.717) is 0 Å². The number of nitrogens with one attached hydrogen (secondary N) is 3. The smallest absolute Gasteiger partial charge is 0.364 e. The molecule has 81 heavy (non-hydrogen) atoms. The molecule has 0 spiro atoms. The molecule has 0 saturated carbocycles. The van der Waals surface area contributed by atoms with Crippen LogP contribution in [0.3, 0.4) is 0 Å². The highest BCUT2D eigenvalue weighted by Crippen LogP contribution is 2.40. The average Bonchev–Trinajstić information content (AvgIpc) is 3.60. The molecular weight excluding hydrogens is 1110 g/mol. The van der Waals surface area contributed by atoms with Crippen LogP contribution in [-0.2, 0) is 71.3 Å². The van der Waals surface area contributed by atoms with E-state index >= 15 is 0 Å². The lowest BCUT2D eigenvalue weighted by Gasteiger charge is -2.51. The number of carboxylic acids is 1. The molecule has 0 aromatic carbocycles. The fourth-order valence-electron chi connectivity index (χ4n) is 10.3. The molecule has 468 valence electrons. The number of ether oxygens (including phenoxy) is 11. The van der Waals surface area contributed by atoms with Crippen LogP contribution in [0.1, 0.15) is 34.1 Å². The summed E-state index contributed by atoms with van der Waals surface area (Å²) in [7, 11) is 0. The van der Waals surface area contributed by atoms with E-state index < -0.39 is 253 Å². The summed E-state index contributed by atoms with van der Waals surface area (Å²) in [6, 6.07) is -5.25. The van der Waals surface area contributed by atoms with Gasteiger partial charge < -0.3 is 160 Å².